The van der Waals surface area contributed by atoms with E-state index >= 15 is 0 Å². The summed E-state index contributed by atoms with van der Waals surface area (Å²) < 4.78 is 22.6. The van der Waals surface area contributed by atoms with Crippen LogP contribution >= 0.6 is 0 Å². The average Bonchev–Trinajstić information content (AvgIpc) is 3.27. The highest BCUT2D eigenvalue weighted by atomic mass is 16.5. The summed E-state index contributed by atoms with van der Waals surface area (Å²) in [6.07, 6.45) is 5.13. The smallest absolute Gasteiger partial charge is 0.329 e. The molecule has 0 spiro atoms. The van der Waals surface area contributed by atoms with Crippen LogP contribution in [0, 0.1) is 17.8 Å². The van der Waals surface area contributed by atoms with E-state index in [1.807, 2.05) is 18.2 Å². The Kier molecular flexibility index (Phi) is 9.84. The Morgan fingerprint density at radius 1 is 1.06 bits per heavy atom. The minimum atomic E-state index is -0.560. The molecule has 35 heavy (non-hydrogen) atoms. The van der Waals surface area contributed by atoms with Crippen LogP contribution in [0.2, 0.25) is 0 Å². The van der Waals surface area contributed by atoms with Crippen molar-refractivity contribution in [3.8, 4) is 11.5 Å². The third kappa shape index (κ3) is 6.69. The van der Waals surface area contributed by atoms with Crippen LogP contribution in [0.4, 0.5) is 0 Å². The maximum Gasteiger partial charge on any atom is 0.329 e. The molecule has 196 valence electrons. The first-order valence-corrected chi connectivity index (χ1v) is 13.1. The normalized spacial score (nSPS) is 26.6. The van der Waals surface area contributed by atoms with Crippen LogP contribution in [0.1, 0.15) is 77.8 Å². The lowest BCUT2D eigenvalue weighted by molar-refractivity contribution is -0.164. The number of likely N-dealkylation sites (tertiary alicyclic amines) is 1. The second-order valence-corrected chi connectivity index (χ2v) is 10.4. The molecule has 0 N–H and O–H groups in total. The van der Waals surface area contributed by atoms with E-state index in [1.165, 1.54) is 13.3 Å². The summed E-state index contributed by atoms with van der Waals surface area (Å²) in [6.45, 7) is 9.28. The Labute approximate surface area is 210 Å². The van der Waals surface area contributed by atoms with Gasteiger partial charge in [0, 0.05) is 27.1 Å². The Bertz CT molecular complexity index is 856. The van der Waals surface area contributed by atoms with Crippen molar-refractivity contribution in [3.05, 3.63) is 23.8 Å². The number of carbonyl (C=O) groups is 2. The zero-order chi connectivity index (χ0) is 25.5. The summed E-state index contributed by atoms with van der Waals surface area (Å²) >= 11 is 0. The molecule has 1 aromatic carbocycles. The van der Waals surface area contributed by atoms with Crippen molar-refractivity contribution < 1.29 is 28.5 Å². The fraction of sp³-hybridized carbons (Fsp3) is 0.714. The number of methoxy groups -OCH3 is 2. The van der Waals surface area contributed by atoms with Crippen molar-refractivity contribution in [1.29, 1.82) is 0 Å². The van der Waals surface area contributed by atoms with Crippen molar-refractivity contribution in [3.63, 3.8) is 0 Å². The molecule has 1 aliphatic carbocycles. The topological polar surface area (TPSA) is 74.3 Å². The molecule has 2 aliphatic rings. The van der Waals surface area contributed by atoms with Gasteiger partial charge in [0.1, 0.15) is 12.1 Å². The summed E-state index contributed by atoms with van der Waals surface area (Å²) in [5.74, 6) is 2.26. The predicted octanol–water partition coefficient (Wildman–Crippen LogP) is 5.17. The summed E-state index contributed by atoms with van der Waals surface area (Å²) in [5, 5.41) is 0. The molecule has 2 unspecified atom stereocenters. The van der Waals surface area contributed by atoms with Gasteiger partial charge in [-0.3, -0.25) is 4.79 Å². The largest absolute Gasteiger partial charge is 0.493 e. The second kappa shape index (κ2) is 12.6. The van der Waals surface area contributed by atoms with Gasteiger partial charge < -0.3 is 23.8 Å². The van der Waals surface area contributed by atoms with Crippen molar-refractivity contribution in [2.45, 2.75) is 84.4 Å². The average molecular weight is 490 g/mol. The number of ether oxygens (including phenoxy) is 4. The monoisotopic (exact) mass is 489 g/mol. The zero-order valence-corrected chi connectivity index (χ0v) is 22.2. The highest BCUT2D eigenvalue weighted by Gasteiger charge is 2.43. The fourth-order valence-electron chi connectivity index (χ4n) is 5.69. The predicted molar refractivity (Wildman–Crippen MR) is 134 cm³/mol. The highest BCUT2D eigenvalue weighted by molar-refractivity contribution is 5.84. The first-order valence-electron chi connectivity index (χ1n) is 13.1. The lowest BCUT2D eigenvalue weighted by Gasteiger charge is -2.38. The Hall–Kier alpha value is -2.28. The van der Waals surface area contributed by atoms with E-state index in [9.17, 15) is 9.59 Å². The van der Waals surface area contributed by atoms with Crippen LogP contribution in [0.5, 0.6) is 11.5 Å². The van der Waals surface area contributed by atoms with Crippen LogP contribution in [0.15, 0.2) is 18.2 Å². The fourth-order valence-corrected chi connectivity index (χ4v) is 5.69. The van der Waals surface area contributed by atoms with Gasteiger partial charge in [-0.1, -0.05) is 33.3 Å². The van der Waals surface area contributed by atoms with Gasteiger partial charge in [-0.2, -0.15) is 0 Å². The minimum Gasteiger partial charge on any atom is -0.493 e. The van der Waals surface area contributed by atoms with Crippen LogP contribution < -0.4 is 9.47 Å². The van der Waals surface area contributed by atoms with E-state index < -0.39 is 6.04 Å². The van der Waals surface area contributed by atoms with Gasteiger partial charge in [0.2, 0.25) is 5.91 Å². The number of amides is 1. The van der Waals surface area contributed by atoms with Crippen LogP contribution in [0.25, 0.3) is 0 Å². The Morgan fingerprint density at radius 3 is 2.49 bits per heavy atom. The molecule has 1 aliphatic heterocycles. The van der Waals surface area contributed by atoms with Gasteiger partial charge in [0.25, 0.3) is 0 Å². The van der Waals surface area contributed by atoms with Gasteiger partial charge in [-0.05, 0) is 61.1 Å². The van der Waals surface area contributed by atoms with E-state index in [-0.39, 0.29) is 24.0 Å². The standard InChI is InChI=1S/C28H43NO6/c1-18(2)22-10-8-19(3)16-26(22)35-28(31)24-12-11-23(29(24)20(4)30)21-9-13-25(33-6)27(17-21)34-15-7-14-32-5/h9,13,17-19,22-24,26H,7-8,10-12,14-16H2,1-6H3/t19-,22+,23?,24?,26-/m1/s1. The maximum atomic E-state index is 13.4. The minimum absolute atomic E-state index is 0.0767. The molecule has 0 aromatic heterocycles. The van der Waals surface area contributed by atoms with Crippen LogP contribution in [-0.4, -0.2) is 56.4 Å². The number of nitrogens with zero attached hydrogens (tertiary/aromatic N) is 1. The molecule has 1 saturated heterocycles. The van der Waals surface area contributed by atoms with Gasteiger partial charge >= 0.3 is 5.97 Å². The second-order valence-electron chi connectivity index (χ2n) is 10.4. The number of rotatable bonds is 10. The van der Waals surface area contributed by atoms with E-state index in [0.717, 1.165) is 24.8 Å². The maximum absolute atomic E-state index is 13.4. The van der Waals surface area contributed by atoms with Crippen molar-refractivity contribution in [1.82, 2.24) is 4.90 Å². The summed E-state index contributed by atoms with van der Waals surface area (Å²) in [6, 6.07) is 4.98. The number of hydrogen-bond acceptors (Lipinski definition) is 6. The highest BCUT2D eigenvalue weighted by Crippen LogP contribution is 2.41. The first kappa shape index (κ1) is 27.3. The van der Waals surface area contributed by atoms with Gasteiger partial charge in [-0.15, -0.1) is 0 Å². The molecule has 1 aromatic rings. The quantitative estimate of drug-likeness (QED) is 0.334. The summed E-state index contributed by atoms with van der Waals surface area (Å²) in [4.78, 5) is 27.8. The van der Waals surface area contributed by atoms with Gasteiger partial charge in [0.05, 0.1) is 19.8 Å². The van der Waals surface area contributed by atoms with E-state index in [2.05, 4.69) is 20.8 Å². The van der Waals surface area contributed by atoms with Crippen molar-refractivity contribution >= 4 is 11.9 Å². The number of carbonyl (C=O) groups excluding carboxylic acids is 2. The molecule has 5 atom stereocenters. The number of esters is 1. The van der Waals surface area contributed by atoms with Crippen molar-refractivity contribution in [2.24, 2.45) is 17.8 Å². The van der Waals surface area contributed by atoms with E-state index in [0.29, 0.717) is 55.3 Å². The Balaban J connectivity index is 1.76. The summed E-state index contributed by atoms with van der Waals surface area (Å²) in [7, 11) is 3.27. The van der Waals surface area contributed by atoms with E-state index in [1.54, 1.807) is 19.1 Å². The molecule has 3 rings (SSSR count). The molecule has 1 saturated carbocycles. The van der Waals surface area contributed by atoms with Crippen LogP contribution in [-0.2, 0) is 19.1 Å². The van der Waals surface area contributed by atoms with Crippen molar-refractivity contribution in [2.75, 3.05) is 27.4 Å². The number of benzene rings is 1. The van der Waals surface area contributed by atoms with E-state index in [4.69, 9.17) is 18.9 Å². The van der Waals surface area contributed by atoms with Gasteiger partial charge in [-0.25, -0.2) is 4.79 Å². The molecule has 7 heteroatoms. The SMILES string of the molecule is COCCCOc1cc(C2CCC(C(=O)O[C@@H]3C[C@H](C)CC[C@H]3C(C)C)N2C(C)=O)ccc1OC. The molecular formula is C28H43NO6. The van der Waals surface area contributed by atoms with Crippen LogP contribution in [0.3, 0.4) is 0 Å². The number of hydrogen-bond donors (Lipinski definition) is 0. The third-order valence-electron chi connectivity index (χ3n) is 7.57. The molecule has 7 nitrogen and oxygen atoms in total. The third-order valence-corrected chi connectivity index (χ3v) is 7.57. The lowest BCUT2D eigenvalue weighted by atomic mass is 9.75. The summed E-state index contributed by atoms with van der Waals surface area (Å²) in [5.41, 5.74) is 0.935. The van der Waals surface area contributed by atoms with Gasteiger partial charge in [0.15, 0.2) is 11.5 Å². The molecule has 0 bridgehead atoms. The first-order chi connectivity index (χ1) is 16.8. The molecule has 2 fully saturated rings. The molecule has 1 heterocycles. The zero-order valence-electron chi connectivity index (χ0n) is 22.2. The molecule has 1 amide bonds. The molecular weight excluding hydrogens is 446 g/mol. The molecule has 0 radical (unpaired) electrons. The Morgan fingerprint density at radius 2 is 1.83 bits per heavy atom. The lowest BCUT2D eigenvalue weighted by Crippen LogP contribution is -2.44.